The average Bonchev–Trinajstić information content (AvgIpc) is 2.26. The normalized spacial score (nSPS) is 12.1. The summed E-state index contributed by atoms with van der Waals surface area (Å²) < 4.78 is 0.404. The Morgan fingerprint density at radius 2 is 2.07 bits per heavy atom. The second-order valence-electron chi connectivity index (χ2n) is 2.85. The van der Waals surface area contributed by atoms with Gasteiger partial charge in [0.25, 0.3) is 0 Å². The first-order valence-corrected chi connectivity index (χ1v) is 5.81. The third-order valence-corrected chi connectivity index (χ3v) is 2.53. The Bertz CT molecular complexity index is 289. The van der Waals surface area contributed by atoms with Gasteiger partial charge in [-0.2, -0.15) is 0 Å². The fraction of sp³-hybridized carbons (Fsp3) is 0.300. The van der Waals surface area contributed by atoms with E-state index < -0.39 is 0 Å². The smallest absolute Gasteiger partial charge is 0.230 e. The Morgan fingerprint density at radius 1 is 1.43 bits per heavy atom. The maximum Gasteiger partial charge on any atom is 0.230 e. The van der Waals surface area contributed by atoms with Crippen LogP contribution in [0.25, 0.3) is 0 Å². The largest absolute Gasteiger partial charge is 0.394 e. The molecule has 0 aliphatic heterocycles. The Kier molecular flexibility index (Phi) is 4.89. The summed E-state index contributed by atoms with van der Waals surface area (Å²) in [6, 6.07) is 9.14. The Hall–Kier alpha value is -0.620. The van der Waals surface area contributed by atoms with E-state index >= 15 is 0 Å². The summed E-state index contributed by atoms with van der Waals surface area (Å²) in [7, 11) is 0. The number of nitrogens with one attached hydrogen (secondary N) is 1. The molecule has 0 spiro atoms. The highest BCUT2D eigenvalue weighted by Gasteiger charge is 2.11. The lowest BCUT2D eigenvalue weighted by Crippen LogP contribution is -2.31. The van der Waals surface area contributed by atoms with Crippen molar-refractivity contribution in [2.24, 2.45) is 0 Å². The molecule has 0 aromatic heterocycles. The van der Waals surface area contributed by atoms with E-state index in [2.05, 4.69) is 5.32 Å². The van der Waals surface area contributed by atoms with Crippen molar-refractivity contribution in [3.8, 4) is 0 Å². The number of halogens is 1. The van der Waals surface area contributed by atoms with Gasteiger partial charge >= 0.3 is 0 Å². The molecule has 2 N–H and O–H groups in total. The van der Waals surface area contributed by atoms with Crippen molar-refractivity contribution in [1.29, 1.82) is 0 Å². The molecule has 0 heterocycles. The number of benzene rings is 1. The number of hydrogen-bond acceptors (Lipinski definition) is 2. The van der Waals surface area contributed by atoms with E-state index in [9.17, 15) is 4.79 Å². The zero-order valence-electron chi connectivity index (χ0n) is 7.61. The van der Waals surface area contributed by atoms with Crippen molar-refractivity contribution < 1.29 is 9.90 Å². The molecule has 1 aromatic carbocycles. The predicted molar refractivity (Wildman–Crippen MR) is 63.3 cm³/mol. The molecule has 0 aliphatic carbocycles. The highest BCUT2D eigenvalue weighted by molar-refractivity contribution is 14.1. The van der Waals surface area contributed by atoms with Crippen LogP contribution in [0.2, 0.25) is 0 Å². The average molecular weight is 305 g/mol. The summed E-state index contributed by atoms with van der Waals surface area (Å²) in [6.45, 7) is -0.0770. The molecule has 0 bridgehead atoms. The fourth-order valence-corrected chi connectivity index (χ4v) is 1.37. The summed E-state index contributed by atoms with van der Waals surface area (Å²) in [4.78, 5) is 11.1. The summed E-state index contributed by atoms with van der Waals surface area (Å²) in [5.41, 5.74) is 0.924. The van der Waals surface area contributed by atoms with Crippen molar-refractivity contribution in [2.75, 3.05) is 11.0 Å². The number of hydrogen-bond donors (Lipinski definition) is 2. The molecule has 14 heavy (non-hydrogen) atoms. The third kappa shape index (κ3) is 3.26. The molecule has 0 aliphatic rings. The van der Waals surface area contributed by atoms with Crippen molar-refractivity contribution in [3.05, 3.63) is 35.9 Å². The van der Waals surface area contributed by atoms with E-state index in [1.807, 2.05) is 52.9 Å². The first-order chi connectivity index (χ1) is 6.77. The second-order valence-corrected chi connectivity index (χ2v) is 3.61. The van der Waals surface area contributed by atoms with Crippen molar-refractivity contribution in [1.82, 2.24) is 5.32 Å². The van der Waals surface area contributed by atoms with Gasteiger partial charge in [0.15, 0.2) is 0 Å². The van der Waals surface area contributed by atoms with E-state index in [0.29, 0.717) is 4.43 Å². The van der Waals surface area contributed by atoms with Gasteiger partial charge in [0, 0.05) is 0 Å². The zero-order valence-corrected chi connectivity index (χ0v) is 9.77. The molecule has 0 saturated heterocycles. The number of rotatable bonds is 4. The standard InChI is InChI=1S/C10H12INO2/c11-6-10(14)12-9(7-13)8-4-2-1-3-5-8/h1-5,9,13H,6-7H2,(H,12,14)/t9-/m0/s1. The molecular formula is C10H12INO2. The van der Waals surface area contributed by atoms with Crippen LogP contribution in [0.5, 0.6) is 0 Å². The number of amides is 1. The van der Waals surface area contributed by atoms with Crippen LogP contribution in [0.1, 0.15) is 11.6 Å². The predicted octanol–water partition coefficient (Wildman–Crippen LogP) is 1.27. The molecule has 0 saturated carbocycles. The first-order valence-electron chi connectivity index (χ1n) is 4.29. The van der Waals surface area contributed by atoms with Crippen LogP contribution < -0.4 is 5.32 Å². The lowest BCUT2D eigenvalue weighted by molar-refractivity contribution is -0.119. The highest BCUT2D eigenvalue weighted by atomic mass is 127. The summed E-state index contributed by atoms with van der Waals surface area (Å²) in [5, 5.41) is 11.8. The van der Waals surface area contributed by atoms with Gasteiger partial charge < -0.3 is 10.4 Å². The highest BCUT2D eigenvalue weighted by Crippen LogP contribution is 2.11. The minimum Gasteiger partial charge on any atom is -0.394 e. The SMILES string of the molecule is O=C(CI)N[C@@H](CO)c1ccccc1. The van der Waals surface area contributed by atoms with Crippen molar-refractivity contribution >= 4 is 28.5 Å². The Labute approximate surface area is 96.7 Å². The molecule has 4 heteroatoms. The molecule has 1 atom stereocenters. The van der Waals surface area contributed by atoms with Gasteiger partial charge in [0.1, 0.15) is 0 Å². The maximum atomic E-state index is 11.1. The molecular weight excluding hydrogens is 293 g/mol. The van der Waals surface area contributed by atoms with E-state index in [4.69, 9.17) is 5.11 Å². The van der Waals surface area contributed by atoms with Gasteiger partial charge in [-0.05, 0) is 5.56 Å². The van der Waals surface area contributed by atoms with Crippen LogP contribution in [-0.2, 0) is 4.79 Å². The quantitative estimate of drug-likeness (QED) is 0.650. The minimum atomic E-state index is -0.293. The molecule has 0 unspecified atom stereocenters. The van der Waals surface area contributed by atoms with Crippen LogP contribution in [0.3, 0.4) is 0 Å². The maximum absolute atomic E-state index is 11.1. The van der Waals surface area contributed by atoms with Crippen LogP contribution in [0.15, 0.2) is 30.3 Å². The van der Waals surface area contributed by atoms with E-state index in [0.717, 1.165) is 5.56 Å². The Morgan fingerprint density at radius 3 is 2.57 bits per heavy atom. The molecule has 1 rings (SSSR count). The number of aliphatic hydroxyl groups is 1. The number of aliphatic hydroxyl groups excluding tert-OH is 1. The number of carbonyl (C=O) groups is 1. The number of alkyl halides is 1. The number of carbonyl (C=O) groups excluding carboxylic acids is 1. The van der Waals surface area contributed by atoms with Crippen LogP contribution in [0, 0.1) is 0 Å². The van der Waals surface area contributed by atoms with Gasteiger partial charge in [-0.15, -0.1) is 0 Å². The summed E-state index contributed by atoms with van der Waals surface area (Å²) >= 11 is 1.99. The van der Waals surface area contributed by atoms with E-state index in [1.165, 1.54) is 0 Å². The molecule has 76 valence electrons. The van der Waals surface area contributed by atoms with Crippen LogP contribution in [-0.4, -0.2) is 22.0 Å². The summed E-state index contributed by atoms with van der Waals surface area (Å²) in [5.74, 6) is -0.0616. The fourth-order valence-electron chi connectivity index (χ4n) is 1.15. The van der Waals surface area contributed by atoms with E-state index in [-0.39, 0.29) is 18.6 Å². The van der Waals surface area contributed by atoms with Gasteiger partial charge in [-0.1, -0.05) is 52.9 Å². The van der Waals surface area contributed by atoms with Crippen molar-refractivity contribution in [3.63, 3.8) is 0 Å². The topological polar surface area (TPSA) is 49.3 Å². The first kappa shape index (κ1) is 11.5. The Balaban J connectivity index is 2.68. The second kappa shape index (κ2) is 5.98. The van der Waals surface area contributed by atoms with Crippen LogP contribution >= 0.6 is 22.6 Å². The monoisotopic (exact) mass is 305 g/mol. The van der Waals surface area contributed by atoms with Crippen molar-refractivity contribution in [2.45, 2.75) is 6.04 Å². The van der Waals surface area contributed by atoms with Gasteiger partial charge in [-0.3, -0.25) is 4.79 Å². The van der Waals surface area contributed by atoms with Gasteiger partial charge in [-0.25, -0.2) is 0 Å². The molecule has 0 radical (unpaired) electrons. The van der Waals surface area contributed by atoms with E-state index in [1.54, 1.807) is 0 Å². The van der Waals surface area contributed by atoms with Gasteiger partial charge in [0.05, 0.1) is 17.1 Å². The lowest BCUT2D eigenvalue weighted by Gasteiger charge is -2.15. The minimum absolute atomic E-state index is 0.0616. The molecule has 3 nitrogen and oxygen atoms in total. The lowest BCUT2D eigenvalue weighted by atomic mass is 10.1. The molecule has 1 amide bonds. The summed E-state index contributed by atoms with van der Waals surface area (Å²) in [6.07, 6.45) is 0. The third-order valence-electron chi connectivity index (χ3n) is 1.84. The van der Waals surface area contributed by atoms with Gasteiger partial charge in [0.2, 0.25) is 5.91 Å². The van der Waals surface area contributed by atoms with Crippen LogP contribution in [0.4, 0.5) is 0 Å². The zero-order chi connectivity index (χ0) is 10.4. The molecule has 0 fully saturated rings. The molecule has 1 aromatic rings.